The van der Waals surface area contributed by atoms with Crippen molar-refractivity contribution in [2.45, 2.75) is 32.9 Å². The third-order valence-electron chi connectivity index (χ3n) is 6.67. The summed E-state index contributed by atoms with van der Waals surface area (Å²) in [7, 11) is 3.10. The fourth-order valence-electron chi connectivity index (χ4n) is 4.88. The SMILES string of the molecule is CCOC(=O)C1=C(c2ccccc2)N=c2s/c(=C\c3ccccc3OC(C)C)c(=O)n2[C@@H]1c1ccc(OC)c(OC)c1. The first-order valence-electron chi connectivity index (χ1n) is 13.6. The zero-order chi connectivity index (χ0) is 29.8. The molecular formula is C33H32N2O6S. The fraction of sp³-hybridized carbons (Fsp3) is 0.242. The lowest BCUT2D eigenvalue weighted by Gasteiger charge is -2.26. The van der Waals surface area contributed by atoms with E-state index in [1.54, 1.807) is 37.8 Å². The predicted octanol–water partition coefficient (Wildman–Crippen LogP) is 4.74. The van der Waals surface area contributed by atoms with E-state index in [4.69, 9.17) is 23.9 Å². The van der Waals surface area contributed by atoms with E-state index in [-0.39, 0.29) is 23.8 Å². The molecule has 0 saturated carbocycles. The topological polar surface area (TPSA) is 88.4 Å². The number of para-hydroxylation sites is 1. The molecule has 2 heterocycles. The maximum absolute atomic E-state index is 14.2. The van der Waals surface area contributed by atoms with Gasteiger partial charge in [-0.2, -0.15) is 0 Å². The first-order chi connectivity index (χ1) is 20.4. The second kappa shape index (κ2) is 12.5. The van der Waals surface area contributed by atoms with E-state index in [9.17, 15) is 9.59 Å². The second-order valence-electron chi connectivity index (χ2n) is 9.75. The van der Waals surface area contributed by atoms with Crippen LogP contribution >= 0.6 is 11.3 Å². The summed E-state index contributed by atoms with van der Waals surface area (Å²) in [6.45, 7) is 5.82. The van der Waals surface area contributed by atoms with Crippen LogP contribution in [-0.2, 0) is 9.53 Å². The molecular weight excluding hydrogens is 552 g/mol. The molecule has 4 aromatic rings. The van der Waals surface area contributed by atoms with Gasteiger partial charge in [0.05, 0.1) is 48.8 Å². The molecule has 5 rings (SSSR count). The minimum atomic E-state index is -0.834. The molecule has 0 amide bonds. The van der Waals surface area contributed by atoms with Crippen molar-refractivity contribution in [3.05, 3.63) is 115 Å². The number of rotatable bonds is 9. The molecule has 42 heavy (non-hydrogen) atoms. The lowest BCUT2D eigenvalue weighted by Crippen LogP contribution is -2.40. The number of hydrogen-bond acceptors (Lipinski definition) is 8. The number of thiazole rings is 1. The quantitative estimate of drug-likeness (QED) is 0.264. The molecule has 0 N–H and O–H groups in total. The van der Waals surface area contributed by atoms with Gasteiger partial charge in [-0.1, -0.05) is 65.9 Å². The van der Waals surface area contributed by atoms with Crippen LogP contribution in [-0.4, -0.2) is 37.5 Å². The summed E-state index contributed by atoms with van der Waals surface area (Å²) in [6, 6.07) is 21.5. The molecule has 8 nitrogen and oxygen atoms in total. The highest BCUT2D eigenvalue weighted by atomic mass is 32.1. The summed E-state index contributed by atoms with van der Waals surface area (Å²) in [5, 5.41) is 0. The van der Waals surface area contributed by atoms with Gasteiger partial charge in [0, 0.05) is 11.1 Å². The van der Waals surface area contributed by atoms with Crippen molar-refractivity contribution in [2.75, 3.05) is 20.8 Å². The standard InChI is InChI=1S/C33H32N2O6S/c1-6-40-32(37)28-29(21-12-8-7-9-13-21)34-33-35(30(28)23-16-17-25(38-4)26(18-23)39-5)31(36)27(42-33)19-22-14-10-11-15-24(22)41-20(2)3/h7-20,30H,6H2,1-5H3/b27-19-/t30-/m1/s1. The van der Waals surface area contributed by atoms with Crippen molar-refractivity contribution in [1.29, 1.82) is 0 Å². The lowest BCUT2D eigenvalue weighted by molar-refractivity contribution is -0.138. The smallest absolute Gasteiger partial charge is 0.338 e. The van der Waals surface area contributed by atoms with Gasteiger partial charge in [0.2, 0.25) is 0 Å². The lowest BCUT2D eigenvalue weighted by atomic mass is 9.93. The normalized spacial score (nSPS) is 14.8. The van der Waals surface area contributed by atoms with Crippen LogP contribution in [0, 0.1) is 0 Å². The Hall–Kier alpha value is -4.63. The third-order valence-corrected chi connectivity index (χ3v) is 7.65. The van der Waals surface area contributed by atoms with Gasteiger partial charge in [-0.25, -0.2) is 9.79 Å². The van der Waals surface area contributed by atoms with Crippen LogP contribution in [0.25, 0.3) is 11.8 Å². The average molecular weight is 585 g/mol. The maximum atomic E-state index is 14.2. The van der Waals surface area contributed by atoms with E-state index >= 15 is 0 Å². The second-order valence-corrected chi connectivity index (χ2v) is 10.8. The number of hydrogen-bond donors (Lipinski definition) is 0. The number of fused-ring (bicyclic) bond motifs is 1. The van der Waals surface area contributed by atoms with Crippen molar-refractivity contribution in [3.63, 3.8) is 0 Å². The van der Waals surface area contributed by atoms with Crippen molar-refractivity contribution in [3.8, 4) is 17.2 Å². The van der Waals surface area contributed by atoms with E-state index in [0.29, 0.717) is 37.8 Å². The first kappa shape index (κ1) is 28.9. The molecule has 216 valence electrons. The van der Waals surface area contributed by atoms with Crippen LogP contribution in [0.1, 0.15) is 43.5 Å². The number of carbonyl (C=O) groups excluding carboxylic acids is 1. The Morgan fingerprint density at radius 1 is 0.976 bits per heavy atom. The summed E-state index contributed by atoms with van der Waals surface area (Å²) in [4.78, 5) is 33.2. The van der Waals surface area contributed by atoms with Gasteiger partial charge < -0.3 is 18.9 Å². The Morgan fingerprint density at radius 3 is 2.38 bits per heavy atom. The number of benzene rings is 3. The fourth-order valence-corrected chi connectivity index (χ4v) is 5.87. The number of ether oxygens (including phenoxy) is 4. The number of methoxy groups -OCH3 is 2. The van der Waals surface area contributed by atoms with Gasteiger partial charge in [-0.3, -0.25) is 9.36 Å². The molecule has 0 spiro atoms. The maximum Gasteiger partial charge on any atom is 0.338 e. The Balaban J connectivity index is 1.83. The van der Waals surface area contributed by atoms with Crippen LogP contribution in [0.2, 0.25) is 0 Å². The Labute approximate surface area is 247 Å². The molecule has 0 fully saturated rings. The molecule has 0 saturated heterocycles. The van der Waals surface area contributed by atoms with E-state index in [1.807, 2.05) is 80.6 Å². The van der Waals surface area contributed by atoms with Gasteiger partial charge in [-0.05, 0) is 50.6 Å². The van der Waals surface area contributed by atoms with E-state index in [2.05, 4.69) is 0 Å². The van der Waals surface area contributed by atoms with Gasteiger partial charge in [0.15, 0.2) is 16.3 Å². The minimum Gasteiger partial charge on any atom is -0.493 e. The van der Waals surface area contributed by atoms with Crippen molar-refractivity contribution >= 4 is 29.1 Å². The number of nitrogens with zero attached hydrogens (tertiary/aromatic N) is 2. The summed E-state index contributed by atoms with van der Waals surface area (Å²) < 4.78 is 24.6. The van der Waals surface area contributed by atoms with Crippen LogP contribution in [0.4, 0.5) is 0 Å². The zero-order valence-electron chi connectivity index (χ0n) is 24.1. The van der Waals surface area contributed by atoms with Crippen LogP contribution < -0.4 is 29.1 Å². The summed E-state index contributed by atoms with van der Waals surface area (Å²) in [6.07, 6.45) is 1.77. The number of aromatic nitrogens is 1. The van der Waals surface area contributed by atoms with Gasteiger partial charge in [0.25, 0.3) is 5.56 Å². The third kappa shape index (κ3) is 5.60. The molecule has 0 bridgehead atoms. The first-order valence-corrected chi connectivity index (χ1v) is 14.4. The molecule has 0 unspecified atom stereocenters. The number of carbonyl (C=O) groups is 1. The number of esters is 1. The summed E-state index contributed by atoms with van der Waals surface area (Å²) in [5.74, 6) is 1.12. The Bertz CT molecular complexity index is 1820. The minimum absolute atomic E-state index is 0.0358. The molecule has 3 aromatic carbocycles. The van der Waals surface area contributed by atoms with Crippen molar-refractivity contribution in [1.82, 2.24) is 4.57 Å². The molecule has 1 aliphatic rings. The molecule has 1 aromatic heterocycles. The highest BCUT2D eigenvalue weighted by Crippen LogP contribution is 2.38. The highest BCUT2D eigenvalue weighted by molar-refractivity contribution is 7.07. The monoisotopic (exact) mass is 584 g/mol. The largest absolute Gasteiger partial charge is 0.493 e. The summed E-state index contributed by atoms with van der Waals surface area (Å²) in [5.41, 5.74) is 2.58. The van der Waals surface area contributed by atoms with Crippen LogP contribution in [0.5, 0.6) is 17.2 Å². The predicted molar refractivity (Wildman–Crippen MR) is 163 cm³/mol. The summed E-state index contributed by atoms with van der Waals surface area (Å²) >= 11 is 1.26. The average Bonchev–Trinajstić information content (AvgIpc) is 3.31. The van der Waals surface area contributed by atoms with Crippen LogP contribution in [0.15, 0.2) is 88.2 Å². The van der Waals surface area contributed by atoms with Gasteiger partial charge >= 0.3 is 5.97 Å². The molecule has 0 aliphatic carbocycles. The Kier molecular flexibility index (Phi) is 8.59. The zero-order valence-corrected chi connectivity index (χ0v) is 24.9. The van der Waals surface area contributed by atoms with Crippen LogP contribution in [0.3, 0.4) is 0 Å². The molecule has 9 heteroatoms. The van der Waals surface area contributed by atoms with E-state index in [1.165, 1.54) is 11.3 Å². The highest BCUT2D eigenvalue weighted by Gasteiger charge is 2.35. The van der Waals surface area contributed by atoms with E-state index in [0.717, 1.165) is 11.1 Å². The van der Waals surface area contributed by atoms with E-state index < -0.39 is 12.0 Å². The van der Waals surface area contributed by atoms with Crippen molar-refractivity contribution in [2.24, 2.45) is 4.99 Å². The van der Waals surface area contributed by atoms with Crippen molar-refractivity contribution < 1.29 is 23.7 Å². The molecule has 1 atom stereocenters. The van der Waals surface area contributed by atoms with Gasteiger partial charge in [0.1, 0.15) is 5.75 Å². The molecule has 1 aliphatic heterocycles. The molecule has 0 radical (unpaired) electrons. The van der Waals surface area contributed by atoms with Gasteiger partial charge in [-0.15, -0.1) is 0 Å². The Morgan fingerprint density at radius 2 is 1.69 bits per heavy atom.